The Labute approximate surface area is 94.1 Å². The van der Waals surface area contributed by atoms with Gasteiger partial charge < -0.3 is 10.5 Å². The van der Waals surface area contributed by atoms with Gasteiger partial charge in [-0.3, -0.25) is 4.98 Å². The first-order valence-electron chi connectivity index (χ1n) is 4.99. The van der Waals surface area contributed by atoms with E-state index in [1.54, 1.807) is 12.4 Å². The minimum atomic E-state index is 0.486. The quantitative estimate of drug-likeness (QED) is 0.782. The van der Waals surface area contributed by atoms with Crippen LogP contribution in [0.5, 0.6) is 11.6 Å². The third-order valence-electron chi connectivity index (χ3n) is 2.33. The highest BCUT2D eigenvalue weighted by Gasteiger charge is 2.07. The normalized spacial score (nSPS) is 10.1. The number of nitrogens with zero attached hydrogens (tertiary/aromatic N) is 2. The number of anilines is 1. The molecule has 0 bridgehead atoms. The first kappa shape index (κ1) is 10.4. The monoisotopic (exact) mass is 215 g/mol. The molecule has 0 unspecified atom stereocenters. The van der Waals surface area contributed by atoms with Gasteiger partial charge in [0.1, 0.15) is 0 Å². The molecule has 0 radical (unpaired) electrons. The Morgan fingerprint density at radius 2 is 1.88 bits per heavy atom. The van der Waals surface area contributed by atoms with E-state index in [1.807, 2.05) is 32.0 Å². The minimum Gasteiger partial charge on any atom is -0.435 e. The fourth-order valence-corrected chi connectivity index (χ4v) is 1.34. The Morgan fingerprint density at radius 3 is 2.62 bits per heavy atom. The predicted octanol–water partition coefficient (Wildman–Crippen LogP) is 2.47. The van der Waals surface area contributed by atoms with Crippen LogP contribution >= 0.6 is 0 Å². The van der Waals surface area contributed by atoms with Crippen molar-refractivity contribution in [3.8, 4) is 11.6 Å². The molecule has 1 aromatic heterocycles. The van der Waals surface area contributed by atoms with Gasteiger partial charge in [0.05, 0.1) is 11.4 Å². The molecule has 2 aromatic rings. The molecular weight excluding hydrogens is 202 g/mol. The SMILES string of the molecule is Cc1cccc(Oc2nccnc2C)c1N. The number of hydrogen-bond acceptors (Lipinski definition) is 4. The molecule has 2 rings (SSSR count). The average Bonchev–Trinajstić information content (AvgIpc) is 2.28. The van der Waals surface area contributed by atoms with Crippen LogP contribution in [0.3, 0.4) is 0 Å². The van der Waals surface area contributed by atoms with Gasteiger partial charge in [-0.1, -0.05) is 12.1 Å². The Balaban J connectivity index is 2.35. The van der Waals surface area contributed by atoms with Gasteiger partial charge in [-0.15, -0.1) is 0 Å². The average molecular weight is 215 g/mol. The van der Waals surface area contributed by atoms with E-state index in [9.17, 15) is 0 Å². The molecule has 0 atom stereocenters. The van der Waals surface area contributed by atoms with Gasteiger partial charge in [0.25, 0.3) is 0 Å². The van der Waals surface area contributed by atoms with E-state index in [-0.39, 0.29) is 0 Å². The van der Waals surface area contributed by atoms with Crippen LogP contribution in [0, 0.1) is 13.8 Å². The largest absolute Gasteiger partial charge is 0.435 e. The molecule has 0 saturated heterocycles. The topological polar surface area (TPSA) is 61.0 Å². The van der Waals surface area contributed by atoms with Crippen LogP contribution in [0.15, 0.2) is 30.6 Å². The summed E-state index contributed by atoms with van der Waals surface area (Å²) >= 11 is 0. The lowest BCUT2D eigenvalue weighted by molar-refractivity contribution is 0.457. The van der Waals surface area contributed by atoms with Crippen molar-refractivity contribution < 1.29 is 4.74 Å². The zero-order valence-corrected chi connectivity index (χ0v) is 9.27. The van der Waals surface area contributed by atoms with E-state index in [1.165, 1.54) is 0 Å². The molecule has 1 aromatic carbocycles. The maximum Gasteiger partial charge on any atom is 0.240 e. The zero-order valence-electron chi connectivity index (χ0n) is 9.27. The van der Waals surface area contributed by atoms with Gasteiger partial charge in [0.15, 0.2) is 5.75 Å². The van der Waals surface area contributed by atoms with E-state index >= 15 is 0 Å². The lowest BCUT2D eigenvalue weighted by Crippen LogP contribution is -1.97. The van der Waals surface area contributed by atoms with Crippen LogP contribution in [-0.4, -0.2) is 9.97 Å². The summed E-state index contributed by atoms with van der Waals surface area (Å²) in [6.45, 7) is 3.78. The molecule has 0 aliphatic rings. The fourth-order valence-electron chi connectivity index (χ4n) is 1.34. The molecule has 0 fully saturated rings. The molecule has 0 saturated carbocycles. The van der Waals surface area contributed by atoms with Crippen molar-refractivity contribution in [2.24, 2.45) is 0 Å². The highest BCUT2D eigenvalue weighted by atomic mass is 16.5. The number of nitrogens with two attached hydrogens (primary N) is 1. The maximum absolute atomic E-state index is 5.91. The van der Waals surface area contributed by atoms with Gasteiger partial charge in [0.2, 0.25) is 5.88 Å². The van der Waals surface area contributed by atoms with Crippen molar-refractivity contribution >= 4 is 5.69 Å². The number of ether oxygens (including phenoxy) is 1. The van der Waals surface area contributed by atoms with Crippen molar-refractivity contribution in [1.29, 1.82) is 0 Å². The van der Waals surface area contributed by atoms with Crippen molar-refractivity contribution in [2.75, 3.05) is 5.73 Å². The molecule has 16 heavy (non-hydrogen) atoms. The van der Waals surface area contributed by atoms with E-state index in [2.05, 4.69) is 9.97 Å². The Bertz CT molecular complexity index is 511. The van der Waals surface area contributed by atoms with Crippen LogP contribution in [-0.2, 0) is 0 Å². The second kappa shape index (κ2) is 4.18. The van der Waals surface area contributed by atoms with Gasteiger partial charge in [-0.2, -0.15) is 0 Å². The standard InChI is InChI=1S/C12H13N3O/c1-8-4-3-5-10(11(8)13)16-12-9(2)14-6-7-15-12/h3-7H,13H2,1-2H3. The molecule has 4 nitrogen and oxygen atoms in total. The van der Waals surface area contributed by atoms with Crippen molar-refractivity contribution in [1.82, 2.24) is 9.97 Å². The molecule has 0 spiro atoms. The van der Waals surface area contributed by atoms with Crippen LogP contribution < -0.4 is 10.5 Å². The summed E-state index contributed by atoms with van der Waals surface area (Å²) in [6, 6.07) is 5.65. The minimum absolute atomic E-state index is 0.486. The Hall–Kier alpha value is -2.10. The second-order valence-electron chi connectivity index (χ2n) is 3.54. The molecule has 82 valence electrons. The molecule has 2 N–H and O–H groups in total. The van der Waals surface area contributed by atoms with Gasteiger partial charge in [-0.05, 0) is 25.5 Å². The molecule has 0 aliphatic carbocycles. The maximum atomic E-state index is 5.91. The van der Waals surface area contributed by atoms with Crippen LogP contribution in [0.25, 0.3) is 0 Å². The second-order valence-corrected chi connectivity index (χ2v) is 3.54. The number of benzene rings is 1. The highest BCUT2D eigenvalue weighted by Crippen LogP contribution is 2.29. The summed E-state index contributed by atoms with van der Waals surface area (Å²) in [5.74, 6) is 1.10. The Morgan fingerprint density at radius 1 is 1.12 bits per heavy atom. The summed E-state index contributed by atoms with van der Waals surface area (Å²) in [5.41, 5.74) is 8.26. The lowest BCUT2D eigenvalue weighted by atomic mass is 10.2. The molecule has 1 heterocycles. The van der Waals surface area contributed by atoms with E-state index in [4.69, 9.17) is 10.5 Å². The summed E-state index contributed by atoms with van der Waals surface area (Å²) in [6.07, 6.45) is 3.22. The first-order chi connectivity index (χ1) is 7.68. The lowest BCUT2D eigenvalue weighted by Gasteiger charge is -2.10. The van der Waals surface area contributed by atoms with Crippen molar-refractivity contribution in [3.05, 3.63) is 41.9 Å². The third kappa shape index (κ3) is 1.95. The van der Waals surface area contributed by atoms with Crippen LogP contribution in [0.4, 0.5) is 5.69 Å². The number of nitrogen functional groups attached to an aromatic ring is 1. The van der Waals surface area contributed by atoms with Crippen molar-refractivity contribution in [3.63, 3.8) is 0 Å². The number of rotatable bonds is 2. The first-order valence-corrected chi connectivity index (χ1v) is 4.99. The van der Waals surface area contributed by atoms with Gasteiger partial charge in [0, 0.05) is 12.4 Å². The summed E-state index contributed by atoms with van der Waals surface area (Å²) in [7, 11) is 0. The third-order valence-corrected chi connectivity index (χ3v) is 2.33. The number of aromatic nitrogens is 2. The number of aryl methyl sites for hydroxylation is 2. The fraction of sp³-hybridized carbons (Fsp3) is 0.167. The van der Waals surface area contributed by atoms with Gasteiger partial charge >= 0.3 is 0 Å². The summed E-state index contributed by atoms with van der Waals surface area (Å²) in [5, 5.41) is 0. The molecular formula is C12H13N3O. The summed E-state index contributed by atoms with van der Waals surface area (Å²) < 4.78 is 5.62. The van der Waals surface area contributed by atoms with E-state index in [0.29, 0.717) is 17.3 Å². The molecule has 0 aliphatic heterocycles. The van der Waals surface area contributed by atoms with Gasteiger partial charge in [-0.25, -0.2) is 4.98 Å². The zero-order chi connectivity index (χ0) is 11.5. The predicted molar refractivity (Wildman–Crippen MR) is 62.4 cm³/mol. The number of para-hydroxylation sites is 1. The highest BCUT2D eigenvalue weighted by molar-refractivity contribution is 5.58. The Kier molecular flexibility index (Phi) is 2.72. The van der Waals surface area contributed by atoms with E-state index < -0.39 is 0 Å². The van der Waals surface area contributed by atoms with Crippen molar-refractivity contribution in [2.45, 2.75) is 13.8 Å². The van der Waals surface area contributed by atoms with Crippen LogP contribution in [0.2, 0.25) is 0 Å². The number of hydrogen-bond donors (Lipinski definition) is 1. The van der Waals surface area contributed by atoms with Crippen LogP contribution in [0.1, 0.15) is 11.3 Å². The molecule has 4 heteroatoms. The van der Waals surface area contributed by atoms with E-state index in [0.717, 1.165) is 11.3 Å². The molecule has 0 amide bonds. The smallest absolute Gasteiger partial charge is 0.240 e. The summed E-state index contributed by atoms with van der Waals surface area (Å²) in [4.78, 5) is 8.20.